The smallest absolute Gasteiger partial charge is 0.330 e. The van der Waals surface area contributed by atoms with Crippen LogP contribution >= 0.6 is 7.60 Å². The van der Waals surface area contributed by atoms with E-state index in [1.54, 1.807) is 0 Å². The number of rotatable bonds is 5. The lowest BCUT2D eigenvalue weighted by Gasteiger charge is -2.22. The van der Waals surface area contributed by atoms with Crippen molar-refractivity contribution in [3.8, 4) is 0 Å². The van der Waals surface area contributed by atoms with E-state index in [0.29, 0.717) is 0 Å². The molecule has 0 amide bonds. The van der Waals surface area contributed by atoms with Crippen molar-refractivity contribution in [2.24, 2.45) is 0 Å². The van der Waals surface area contributed by atoms with Crippen LogP contribution in [-0.2, 0) is 9.30 Å². The van der Waals surface area contributed by atoms with Crippen LogP contribution in [0.2, 0.25) is 0 Å². The van der Waals surface area contributed by atoms with Gasteiger partial charge < -0.3 is 19.6 Å². The highest BCUT2D eigenvalue weighted by Crippen LogP contribution is 2.38. The molecule has 0 aromatic heterocycles. The standard InChI is InChI=1S/C6H13O5P/c1-3-4-11-6(2,7)5-12(8,9)10/h3,7H,1,4-5H2,2H3,(H2,8,9,10). The van der Waals surface area contributed by atoms with Gasteiger partial charge in [-0.3, -0.25) is 4.57 Å². The average Bonchev–Trinajstić information content (AvgIpc) is 1.78. The van der Waals surface area contributed by atoms with Gasteiger partial charge in [0.15, 0.2) is 5.79 Å². The number of ether oxygens (including phenoxy) is 1. The molecule has 5 nitrogen and oxygen atoms in total. The Morgan fingerprint density at radius 1 is 1.67 bits per heavy atom. The van der Waals surface area contributed by atoms with Gasteiger partial charge in [-0.1, -0.05) is 6.08 Å². The van der Waals surface area contributed by atoms with Crippen molar-refractivity contribution in [2.75, 3.05) is 12.8 Å². The van der Waals surface area contributed by atoms with E-state index >= 15 is 0 Å². The SMILES string of the molecule is C=CCOC(C)(O)CP(=O)(O)O. The van der Waals surface area contributed by atoms with Crippen LogP contribution in [0.15, 0.2) is 12.7 Å². The predicted molar refractivity (Wildman–Crippen MR) is 43.7 cm³/mol. The van der Waals surface area contributed by atoms with Crippen molar-refractivity contribution in [2.45, 2.75) is 12.7 Å². The Bertz CT molecular complexity index is 194. The third-order valence-electron chi connectivity index (χ3n) is 1.01. The molecule has 0 aliphatic rings. The highest BCUT2D eigenvalue weighted by atomic mass is 31.2. The van der Waals surface area contributed by atoms with Crippen LogP contribution in [0.3, 0.4) is 0 Å². The summed E-state index contributed by atoms with van der Waals surface area (Å²) in [6, 6.07) is 0. The van der Waals surface area contributed by atoms with E-state index in [4.69, 9.17) is 14.5 Å². The van der Waals surface area contributed by atoms with Crippen LogP contribution in [0, 0.1) is 0 Å². The Kier molecular flexibility index (Phi) is 4.10. The lowest BCUT2D eigenvalue weighted by atomic mass is 10.4. The highest BCUT2D eigenvalue weighted by Gasteiger charge is 2.30. The second-order valence-electron chi connectivity index (χ2n) is 2.60. The van der Waals surface area contributed by atoms with Gasteiger partial charge in [-0.15, -0.1) is 6.58 Å². The second-order valence-corrected chi connectivity index (χ2v) is 4.24. The van der Waals surface area contributed by atoms with Gasteiger partial charge in [-0.2, -0.15) is 0 Å². The first kappa shape index (κ1) is 11.8. The van der Waals surface area contributed by atoms with Gasteiger partial charge >= 0.3 is 7.60 Å². The molecule has 0 aliphatic heterocycles. The highest BCUT2D eigenvalue weighted by molar-refractivity contribution is 7.51. The minimum atomic E-state index is -4.24. The summed E-state index contributed by atoms with van der Waals surface area (Å²) in [7, 11) is -4.24. The fourth-order valence-electron chi connectivity index (χ4n) is 0.666. The van der Waals surface area contributed by atoms with E-state index in [2.05, 4.69) is 6.58 Å². The normalized spacial score (nSPS) is 17.0. The number of aliphatic hydroxyl groups is 1. The molecule has 0 rings (SSSR count). The van der Waals surface area contributed by atoms with Gasteiger partial charge in [0.1, 0.15) is 6.16 Å². The minimum Gasteiger partial charge on any atom is -0.365 e. The van der Waals surface area contributed by atoms with Gasteiger partial charge in [0.2, 0.25) is 0 Å². The third-order valence-corrected chi connectivity index (χ3v) is 2.01. The fraction of sp³-hybridized carbons (Fsp3) is 0.667. The third kappa shape index (κ3) is 6.52. The van der Waals surface area contributed by atoms with Gasteiger partial charge in [-0.05, 0) is 6.92 Å². The van der Waals surface area contributed by atoms with Crippen LogP contribution in [0.25, 0.3) is 0 Å². The maximum Gasteiger partial charge on any atom is 0.330 e. The molecule has 0 saturated carbocycles. The van der Waals surface area contributed by atoms with Gasteiger partial charge in [-0.25, -0.2) is 0 Å². The second kappa shape index (κ2) is 4.16. The number of hydrogen-bond donors (Lipinski definition) is 3. The summed E-state index contributed by atoms with van der Waals surface area (Å²) in [6.45, 7) is 4.57. The predicted octanol–water partition coefficient (Wildman–Crippen LogP) is 0.0752. The first-order valence-electron chi connectivity index (χ1n) is 3.29. The Morgan fingerprint density at radius 2 is 2.17 bits per heavy atom. The molecule has 0 radical (unpaired) electrons. The van der Waals surface area contributed by atoms with Gasteiger partial charge in [0.05, 0.1) is 6.61 Å². The van der Waals surface area contributed by atoms with E-state index < -0.39 is 19.5 Å². The summed E-state index contributed by atoms with van der Waals surface area (Å²) in [5.74, 6) is -1.80. The van der Waals surface area contributed by atoms with Gasteiger partial charge in [0.25, 0.3) is 0 Å². The first-order chi connectivity index (χ1) is 5.27. The molecule has 0 aromatic carbocycles. The van der Waals surface area contributed by atoms with Gasteiger partial charge in [0, 0.05) is 0 Å². The van der Waals surface area contributed by atoms with Crippen molar-refractivity contribution >= 4 is 7.60 Å². The zero-order chi connectivity index (χ0) is 9.83. The van der Waals surface area contributed by atoms with Crippen LogP contribution in [0.1, 0.15) is 6.92 Å². The maximum absolute atomic E-state index is 10.4. The van der Waals surface area contributed by atoms with Crippen LogP contribution < -0.4 is 0 Å². The molecule has 0 aliphatic carbocycles. The zero-order valence-corrected chi connectivity index (χ0v) is 7.70. The summed E-state index contributed by atoms with van der Waals surface area (Å²) < 4.78 is 15.1. The lowest BCUT2D eigenvalue weighted by molar-refractivity contribution is -0.166. The fourth-order valence-corrected chi connectivity index (χ4v) is 1.52. The van der Waals surface area contributed by atoms with Crippen molar-refractivity contribution in [3.63, 3.8) is 0 Å². The van der Waals surface area contributed by atoms with Crippen molar-refractivity contribution in [1.29, 1.82) is 0 Å². The van der Waals surface area contributed by atoms with Crippen LogP contribution in [-0.4, -0.2) is 33.4 Å². The summed E-state index contributed by atoms with van der Waals surface area (Å²) in [4.78, 5) is 17.0. The summed E-state index contributed by atoms with van der Waals surface area (Å²) in [5.41, 5.74) is 0. The molecule has 1 unspecified atom stereocenters. The van der Waals surface area contributed by atoms with E-state index in [9.17, 15) is 9.67 Å². The molecule has 0 bridgehead atoms. The van der Waals surface area contributed by atoms with Crippen LogP contribution in [0.5, 0.6) is 0 Å². The number of hydrogen-bond acceptors (Lipinski definition) is 3. The summed E-state index contributed by atoms with van der Waals surface area (Å²) >= 11 is 0. The lowest BCUT2D eigenvalue weighted by Crippen LogP contribution is -2.32. The first-order valence-corrected chi connectivity index (χ1v) is 5.08. The molecule has 0 spiro atoms. The van der Waals surface area contributed by atoms with Crippen LogP contribution in [0.4, 0.5) is 0 Å². The summed E-state index contributed by atoms with van der Waals surface area (Å²) in [6.07, 6.45) is 0.669. The van der Waals surface area contributed by atoms with Crippen molar-refractivity contribution < 1.29 is 24.2 Å². The monoisotopic (exact) mass is 196 g/mol. The van der Waals surface area contributed by atoms with E-state index in [-0.39, 0.29) is 6.61 Å². The Balaban J connectivity index is 4.03. The Morgan fingerprint density at radius 3 is 2.50 bits per heavy atom. The molecular weight excluding hydrogens is 183 g/mol. The molecule has 0 heterocycles. The molecule has 0 saturated heterocycles. The Hall–Kier alpha value is -0.190. The summed E-state index contributed by atoms with van der Waals surface area (Å²) in [5, 5.41) is 9.22. The molecule has 72 valence electrons. The molecule has 12 heavy (non-hydrogen) atoms. The van der Waals surface area contributed by atoms with E-state index in [0.717, 1.165) is 0 Å². The Labute approximate surface area is 70.8 Å². The topological polar surface area (TPSA) is 87.0 Å². The molecule has 0 aromatic rings. The molecule has 3 N–H and O–H groups in total. The largest absolute Gasteiger partial charge is 0.365 e. The molecular formula is C6H13O5P. The quantitative estimate of drug-likeness (QED) is 0.329. The average molecular weight is 196 g/mol. The molecule has 6 heteroatoms. The van der Waals surface area contributed by atoms with Crippen molar-refractivity contribution in [1.82, 2.24) is 0 Å². The van der Waals surface area contributed by atoms with E-state index in [1.165, 1.54) is 13.0 Å². The molecule has 1 atom stereocenters. The minimum absolute atomic E-state index is 0.0486. The van der Waals surface area contributed by atoms with E-state index in [1.807, 2.05) is 0 Å². The zero-order valence-electron chi connectivity index (χ0n) is 6.80. The maximum atomic E-state index is 10.4. The van der Waals surface area contributed by atoms with Crippen molar-refractivity contribution in [3.05, 3.63) is 12.7 Å². The molecule has 0 fully saturated rings.